The molecule has 0 heterocycles. The molecular weight excluding hydrogens is 271 g/mol. The molecule has 6 heteroatoms. The van der Waals surface area contributed by atoms with Crippen molar-refractivity contribution in [2.75, 3.05) is 6.54 Å². The molecule has 1 saturated carbocycles. The van der Waals surface area contributed by atoms with E-state index < -0.39 is 5.82 Å². The molecule has 1 fully saturated rings. The molecule has 0 saturated heterocycles. The Morgan fingerprint density at radius 3 is 2.89 bits per heavy atom. The van der Waals surface area contributed by atoms with Crippen molar-refractivity contribution in [1.82, 2.24) is 10.6 Å². The number of rotatable bonds is 5. The van der Waals surface area contributed by atoms with Crippen LogP contribution in [0.3, 0.4) is 0 Å². The van der Waals surface area contributed by atoms with E-state index in [1.165, 1.54) is 6.07 Å². The lowest BCUT2D eigenvalue weighted by molar-refractivity contribution is -0.120. The van der Waals surface area contributed by atoms with Gasteiger partial charge in [0.15, 0.2) is 0 Å². The zero-order chi connectivity index (χ0) is 13.8. The van der Waals surface area contributed by atoms with Crippen LogP contribution in [0.4, 0.5) is 4.39 Å². The first kappa shape index (κ1) is 14.2. The number of aliphatic hydroxyl groups is 1. The van der Waals surface area contributed by atoms with Crippen LogP contribution in [-0.4, -0.2) is 29.7 Å². The van der Waals surface area contributed by atoms with Crippen molar-refractivity contribution in [3.8, 4) is 0 Å². The van der Waals surface area contributed by atoms with Crippen molar-refractivity contribution in [1.29, 1.82) is 0 Å². The van der Waals surface area contributed by atoms with Crippen LogP contribution < -0.4 is 10.6 Å². The topological polar surface area (TPSA) is 61.4 Å². The standard InChI is InChI=1S/C13H16ClFN2O2/c14-11-3-1-2-8(13(11)15)6-17-12(19)7-16-9-4-10(18)5-9/h1-3,9-10,16,18H,4-7H2,(H,17,19)/t9-,10-. The molecule has 1 aromatic rings. The van der Waals surface area contributed by atoms with Crippen LogP contribution in [0.5, 0.6) is 0 Å². The van der Waals surface area contributed by atoms with E-state index in [2.05, 4.69) is 10.6 Å². The van der Waals surface area contributed by atoms with Gasteiger partial charge in [0.2, 0.25) is 5.91 Å². The van der Waals surface area contributed by atoms with E-state index in [0.29, 0.717) is 18.4 Å². The monoisotopic (exact) mass is 286 g/mol. The van der Waals surface area contributed by atoms with E-state index in [4.69, 9.17) is 16.7 Å². The highest BCUT2D eigenvalue weighted by molar-refractivity contribution is 6.30. The summed E-state index contributed by atoms with van der Waals surface area (Å²) >= 11 is 5.65. The highest BCUT2D eigenvalue weighted by atomic mass is 35.5. The molecule has 104 valence electrons. The molecule has 2 rings (SSSR count). The Labute approximate surface area is 116 Å². The number of hydrogen-bond donors (Lipinski definition) is 3. The first-order valence-electron chi connectivity index (χ1n) is 6.17. The van der Waals surface area contributed by atoms with Gasteiger partial charge in [-0.2, -0.15) is 0 Å². The molecule has 0 aliphatic heterocycles. The molecule has 3 N–H and O–H groups in total. The molecule has 0 aromatic heterocycles. The Hall–Kier alpha value is -1.17. The highest BCUT2D eigenvalue weighted by Crippen LogP contribution is 2.19. The quantitative estimate of drug-likeness (QED) is 0.762. The Morgan fingerprint density at radius 1 is 1.47 bits per heavy atom. The van der Waals surface area contributed by atoms with Gasteiger partial charge < -0.3 is 15.7 Å². The van der Waals surface area contributed by atoms with E-state index in [1.54, 1.807) is 12.1 Å². The van der Waals surface area contributed by atoms with Crippen LogP contribution in [0, 0.1) is 5.82 Å². The van der Waals surface area contributed by atoms with E-state index in [9.17, 15) is 9.18 Å². The lowest BCUT2D eigenvalue weighted by atomic mass is 9.89. The van der Waals surface area contributed by atoms with Gasteiger partial charge >= 0.3 is 0 Å². The van der Waals surface area contributed by atoms with Crippen LogP contribution in [0.1, 0.15) is 18.4 Å². The lowest BCUT2D eigenvalue weighted by Crippen LogP contribution is -2.47. The van der Waals surface area contributed by atoms with Crippen molar-refractivity contribution < 1.29 is 14.3 Å². The smallest absolute Gasteiger partial charge is 0.234 e. The molecular formula is C13H16ClFN2O2. The summed E-state index contributed by atoms with van der Waals surface area (Å²) < 4.78 is 13.5. The third kappa shape index (κ3) is 3.89. The fraction of sp³-hybridized carbons (Fsp3) is 0.462. The third-order valence-electron chi connectivity index (χ3n) is 3.17. The normalized spacial score (nSPS) is 21.8. The van der Waals surface area contributed by atoms with Gasteiger partial charge in [0.05, 0.1) is 17.7 Å². The van der Waals surface area contributed by atoms with E-state index >= 15 is 0 Å². The van der Waals surface area contributed by atoms with Gasteiger partial charge in [0.1, 0.15) is 5.82 Å². The second-order valence-corrected chi connectivity index (χ2v) is 5.10. The summed E-state index contributed by atoms with van der Waals surface area (Å²) in [5.74, 6) is -0.708. The summed E-state index contributed by atoms with van der Waals surface area (Å²) in [4.78, 5) is 11.5. The number of hydrogen-bond acceptors (Lipinski definition) is 3. The zero-order valence-electron chi connectivity index (χ0n) is 10.3. The Morgan fingerprint density at radius 2 is 2.21 bits per heavy atom. The second kappa shape index (κ2) is 6.32. The molecule has 0 atom stereocenters. The van der Waals surface area contributed by atoms with Crippen LogP contribution in [0.15, 0.2) is 18.2 Å². The number of amides is 1. The molecule has 1 aliphatic carbocycles. The van der Waals surface area contributed by atoms with Gasteiger partial charge in [-0.05, 0) is 18.9 Å². The minimum Gasteiger partial charge on any atom is -0.393 e. The average molecular weight is 287 g/mol. The Bertz CT molecular complexity index is 464. The van der Waals surface area contributed by atoms with Crippen LogP contribution in [-0.2, 0) is 11.3 Å². The lowest BCUT2D eigenvalue weighted by Gasteiger charge is -2.31. The number of carbonyl (C=O) groups excluding carboxylic acids is 1. The predicted molar refractivity (Wildman–Crippen MR) is 70.3 cm³/mol. The molecule has 0 unspecified atom stereocenters. The second-order valence-electron chi connectivity index (χ2n) is 4.69. The van der Waals surface area contributed by atoms with Crippen molar-refractivity contribution >= 4 is 17.5 Å². The Balaban J connectivity index is 1.72. The summed E-state index contributed by atoms with van der Waals surface area (Å²) in [5.41, 5.74) is 0.361. The van der Waals surface area contributed by atoms with Crippen molar-refractivity contribution in [2.24, 2.45) is 0 Å². The minimum absolute atomic E-state index is 0.0494. The van der Waals surface area contributed by atoms with Gasteiger partial charge in [-0.3, -0.25) is 4.79 Å². The SMILES string of the molecule is O=C(CN[C@H]1C[C@H](O)C1)NCc1cccc(Cl)c1F. The van der Waals surface area contributed by atoms with Gasteiger partial charge in [0.25, 0.3) is 0 Å². The zero-order valence-corrected chi connectivity index (χ0v) is 11.1. The molecule has 0 radical (unpaired) electrons. The van der Waals surface area contributed by atoms with E-state index in [0.717, 1.165) is 0 Å². The first-order valence-corrected chi connectivity index (χ1v) is 6.55. The number of benzene rings is 1. The van der Waals surface area contributed by atoms with E-state index in [1.807, 2.05) is 0 Å². The summed E-state index contributed by atoms with van der Waals surface area (Å²) in [6.07, 6.45) is 1.10. The minimum atomic E-state index is -0.500. The average Bonchev–Trinajstić information content (AvgIpc) is 2.35. The summed E-state index contributed by atoms with van der Waals surface area (Å²) in [5, 5.41) is 14.8. The van der Waals surface area contributed by atoms with E-state index in [-0.39, 0.29) is 36.2 Å². The largest absolute Gasteiger partial charge is 0.393 e. The molecule has 0 spiro atoms. The van der Waals surface area contributed by atoms with Gasteiger partial charge in [-0.1, -0.05) is 23.7 Å². The number of carbonyl (C=O) groups is 1. The van der Waals surface area contributed by atoms with Gasteiger partial charge in [-0.25, -0.2) is 4.39 Å². The highest BCUT2D eigenvalue weighted by Gasteiger charge is 2.26. The maximum Gasteiger partial charge on any atom is 0.234 e. The molecule has 4 nitrogen and oxygen atoms in total. The first-order chi connectivity index (χ1) is 9.06. The van der Waals surface area contributed by atoms with Gasteiger partial charge in [0, 0.05) is 18.2 Å². The maximum atomic E-state index is 13.5. The van der Waals surface area contributed by atoms with Crippen LogP contribution in [0.25, 0.3) is 0 Å². The summed E-state index contributed by atoms with van der Waals surface area (Å²) in [7, 11) is 0. The number of halogens is 2. The molecule has 0 bridgehead atoms. The fourth-order valence-electron chi connectivity index (χ4n) is 1.93. The Kier molecular flexibility index (Phi) is 4.74. The van der Waals surface area contributed by atoms with Crippen LogP contribution >= 0.6 is 11.6 Å². The summed E-state index contributed by atoms with van der Waals surface area (Å²) in [6.45, 7) is 0.278. The van der Waals surface area contributed by atoms with Crippen molar-refractivity contribution in [3.05, 3.63) is 34.6 Å². The van der Waals surface area contributed by atoms with Crippen LogP contribution in [0.2, 0.25) is 5.02 Å². The molecule has 1 amide bonds. The van der Waals surface area contributed by atoms with Crippen molar-refractivity contribution in [2.45, 2.75) is 31.5 Å². The third-order valence-corrected chi connectivity index (χ3v) is 3.46. The predicted octanol–water partition coefficient (Wildman–Crippen LogP) is 1.21. The fourth-order valence-corrected chi connectivity index (χ4v) is 2.13. The van der Waals surface area contributed by atoms with Crippen molar-refractivity contribution in [3.63, 3.8) is 0 Å². The number of nitrogens with one attached hydrogen (secondary N) is 2. The molecule has 1 aliphatic rings. The maximum absolute atomic E-state index is 13.5. The molecule has 19 heavy (non-hydrogen) atoms. The van der Waals surface area contributed by atoms with Gasteiger partial charge in [-0.15, -0.1) is 0 Å². The number of aliphatic hydroxyl groups excluding tert-OH is 1. The summed E-state index contributed by atoms with van der Waals surface area (Å²) in [6, 6.07) is 4.88. The molecule has 1 aromatic carbocycles.